The van der Waals surface area contributed by atoms with Crippen molar-refractivity contribution in [3.05, 3.63) is 41.6 Å². The van der Waals surface area contributed by atoms with Crippen LogP contribution in [0.2, 0.25) is 0 Å². The van der Waals surface area contributed by atoms with Crippen LogP contribution in [0.25, 0.3) is 0 Å². The third-order valence-corrected chi connectivity index (χ3v) is 6.35. The summed E-state index contributed by atoms with van der Waals surface area (Å²) < 4.78 is 11.8. The lowest BCUT2D eigenvalue weighted by Crippen LogP contribution is -2.53. The van der Waals surface area contributed by atoms with Gasteiger partial charge >= 0.3 is 8.56 Å². The maximum atomic E-state index is 5.92. The zero-order chi connectivity index (χ0) is 12.3. The number of aryl methyl sites for hydroxylation is 2. The first kappa shape index (κ1) is 12.6. The van der Waals surface area contributed by atoms with Crippen LogP contribution in [-0.4, -0.2) is 21.8 Å². The molecule has 1 aliphatic carbocycles. The number of fused-ring (bicyclic) bond motifs is 1. The Kier molecular flexibility index (Phi) is 3.81. The maximum absolute atomic E-state index is 5.92. The van der Waals surface area contributed by atoms with Crippen LogP contribution in [-0.2, 0) is 21.7 Å². The van der Waals surface area contributed by atoms with Crippen molar-refractivity contribution in [3.63, 3.8) is 0 Å². The molecule has 0 aliphatic heterocycles. The van der Waals surface area contributed by atoms with Crippen LogP contribution in [0.1, 0.15) is 25.0 Å². The first-order chi connectivity index (χ1) is 8.25. The fourth-order valence-corrected chi connectivity index (χ4v) is 4.72. The fraction of sp³-hybridized carbons (Fsp3) is 0.429. The van der Waals surface area contributed by atoms with Gasteiger partial charge in [0.15, 0.2) is 0 Å². The first-order valence-corrected chi connectivity index (χ1v) is 8.19. The minimum Gasteiger partial charge on any atom is -0.388 e. The van der Waals surface area contributed by atoms with E-state index >= 15 is 0 Å². The summed E-state index contributed by atoms with van der Waals surface area (Å²) in [6, 6.07) is 6.60. The molecule has 0 atom stereocenters. The zero-order valence-corrected chi connectivity index (χ0v) is 11.7. The van der Waals surface area contributed by atoms with E-state index in [-0.39, 0.29) is 0 Å². The Labute approximate surface area is 105 Å². The van der Waals surface area contributed by atoms with E-state index in [0.29, 0.717) is 13.2 Å². The molecule has 0 bridgehead atoms. The average Bonchev–Trinajstić information content (AvgIpc) is 2.30. The van der Waals surface area contributed by atoms with E-state index in [2.05, 4.69) is 24.8 Å². The second-order valence-corrected chi connectivity index (χ2v) is 7.12. The molecule has 0 heterocycles. The van der Waals surface area contributed by atoms with Gasteiger partial charge in [0.2, 0.25) is 0 Å². The van der Waals surface area contributed by atoms with Crippen LogP contribution >= 0.6 is 0 Å². The van der Waals surface area contributed by atoms with Crippen LogP contribution < -0.4 is 5.19 Å². The van der Waals surface area contributed by atoms with Gasteiger partial charge in [-0.2, -0.15) is 0 Å². The van der Waals surface area contributed by atoms with Gasteiger partial charge in [0.25, 0.3) is 0 Å². The molecule has 0 spiro atoms. The summed E-state index contributed by atoms with van der Waals surface area (Å²) in [4.78, 5) is 0. The highest BCUT2D eigenvalue weighted by Gasteiger charge is 2.37. The van der Waals surface area contributed by atoms with Crippen molar-refractivity contribution < 1.29 is 8.85 Å². The van der Waals surface area contributed by atoms with Crippen molar-refractivity contribution in [1.82, 2.24) is 0 Å². The highest BCUT2D eigenvalue weighted by molar-refractivity contribution is 6.85. The normalized spacial score (nSPS) is 14.0. The second-order valence-electron chi connectivity index (χ2n) is 4.22. The molecule has 0 fully saturated rings. The van der Waals surface area contributed by atoms with Gasteiger partial charge in [-0.15, -0.1) is 6.58 Å². The van der Waals surface area contributed by atoms with Gasteiger partial charge < -0.3 is 8.85 Å². The molecule has 0 unspecified atom stereocenters. The Hall–Kier alpha value is -0.903. The summed E-state index contributed by atoms with van der Waals surface area (Å²) in [5.74, 6) is 0. The molecule has 2 rings (SSSR count). The third kappa shape index (κ3) is 2.23. The molecular weight excluding hydrogens is 228 g/mol. The van der Waals surface area contributed by atoms with Gasteiger partial charge in [-0.3, -0.25) is 0 Å². The van der Waals surface area contributed by atoms with Crippen molar-refractivity contribution >= 4 is 13.7 Å². The zero-order valence-electron chi connectivity index (χ0n) is 10.7. The fourth-order valence-electron chi connectivity index (χ4n) is 2.28. The lowest BCUT2D eigenvalue weighted by Gasteiger charge is -2.29. The summed E-state index contributed by atoms with van der Waals surface area (Å²) in [5.41, 5.74) is 4.80. The van der Waals surface area contributed by atoms with Gasteiger partial charge in [0.1, 0.15) is 0 Å². The Morgan fingerprint density at radius 3 is 2.24 bits per heavy atom. The molecular formula is C14H20O2Si. The second kappa shape index (κ2) is 5.17. The molecule has 1 aromatic rings. The van der Waals surface area contributed by atoms with Gasteiger partial charge in [0, 0.05) is 13.2 Å². The average molecular weight is 248 g/mol. The van der Waals surface area contributed by atoms with Gasteiger partial charge in [-0.25, -0.2) is 0 Å². The quantitative estimate of drug-likeness (QED) is 0.719. The summed E-state index contributed by atoms with van der Waals surface area (Å²) >= 11 is 0. The monoisotopic (exact) mass is 248 g/mol. The lowest BCUT2D eigenvalue weighted by atomic mass is 9.89. The maximum Gasteiger partial charge on any atom is 0.399 e. The van der Waals surface area contributed by atoms with Crippen LogP contribution in [0.4, 0.5) is 0 Å². The van der Waals surface area contributed by atoms with E-state index in [4.69, 9.17) is 8.85 Å². The van der Waals surface area contributed by atoms with E-state index in [1.807, 2.05) is 19.5 Å². The molecule has 0 radical (unpaired) electrons. The molecule has 92 valence electrons. The molecule has 0 amide bonds. The SMILES string of the molecule is C=C[Si](OCC)(OCC)c1ccc2c(c1)CC2. The number of rotatable bonds is 6. The Bertz CT molecular complexity index is 409. The third-order valence-electron chi connectivity index (χ3n) is 3.26. The molecule has 0 N–H and O–H groups in total. The van der Waals surface area contributed by atoms with Crippen LogP contribution in [0.5, 0.6) is 0 Å². The number of benzene rings is 1. The van der Waals surface area contributed by atoms with Crippen LogP contribution in [0, 0.1) is 0 Å². The number of hydrogen-bond donors (Lipinski definition) is 0. The van der Waals surface area contributed by atoms with Crippen LogP contribution in [0.3, 0.4) is 0 Å². The molecule has 0 saturated carbocycles. The highest BCUT2D eigenvalue weighted by Crippen LogP contribution is 2.22. The van der Waals surface area contributed by atoms with Gasteiger partial charge in [-0.1, -0.05) is 18.2 Å². The standard InChI is InChI=1S/C14H20O2Si/c1-4-15-17(6-3,16-5-2)14-10-9-12-7-8-13(12)11-14/h6,9-11H,3-5,7-8H2,1-2H3. The number of hydrogen-bond acceptors (Lipinski definition) is 2. The van der Waals surface area contributed by atoms with Gasteiger partial charge in [0.05, 0.1) is 0 Å². The Morgan fingerprint density at radius 2 is 1.82 bits per heavy atom. The van der Waals surface area contributed by atoms with Crippen molar-refractivity contribution in [1.29, 1.82) is 0 Å². The summed E-state index contributed by atoms with van der Waals surface area (Å²) in [7, 11) is -2.40. The van der Waals surface area contributed by atoms with E-state index in [1.54, 1.807) is 0 Å². The summed E-state index contributed by atoms with van der Waals surface area (Å²) in [6.45, 7) is 9.26. The molecule has 17 heavy (non-hydrogen) atoms. The molecule has 3 heteroatoms. The first-order valence-electron chi connectivity index (χ1n) is 6.29. The Morgan fingerprint density at radius 1 is 1.18 bits per heavy atom. The van der Waals surface area contributed by atoms with E-state index in [1.165, 1.54) is 29.2 Å². The van der Waals surface area contributed by atoms with Gasteiger partial charge in [-0.05, 0) is 48.7 Å². The minimum absolute atomic E-state index is 0.662. The Balaban J connectivity index is 2.35. The molecule has 2 nitrogen and oxygen atoms in total. The summed E-state index contributed by atoms with van der Waals surface area (Å²) in [5, 5.41) is 1.19. The largest absolute Gasteiger partial charge is 0.399 e. The lowest BCUT2D eigenvalue weighted by molar-refractivity contribution is 0.207. The minimum atomic E-state index is -2.40. The van der Waals surface area contributed by atoms with E-state index in [9.17, 15) is 0 Å². The summed E-state index contributed by atoms with van der Waals surface area (Å²) in [6.07, 6.45) is 2.39. The predicted molar refractivity (Wildman–Crippen MR) is 72.7 cm³/mol. The van der Waals surface area contributed by atoms with Crippen molar-refractivity contribution in [3.8, 4) is 0 Å². The van der Waals surface area contributed by atoms with E-state index in [0.717, 1.165) is 0 Å². The topological polar surface area (TPSA) is 18.5 Å². The highest BCUT2D eigenvalue weighted by atomic mass is 28.4. The molecule has 0 saturated heterocycles. The van der Waals surface area contributed by atoms with Crippen molar-refractivity contribution in [2.45, 2.75) is 26.7 Å². The molecule has 0 aromatic heterocycles. The van der Waals surface area contributed by atoms with Crippen molar-refractivity contribution in [2.75, 3.05) is 13.2 Å². The van der Waals surface area contributed by atoms with E-state index < -0.39 is 8.56 Å². The van der Waals surface area contributed by atoms with Crippen LogP contribution in [0.15, 0.2) is 30.5 Å². The van der Waals surface area contributed by atoms with Crippen molar-refractivity contribution in [2.24, 2.45) is 0 Å². The smallest absolute Gasteiger partial charge is 0.388 e. The molecule has 1 aliphatic rings. The molecule has 1 aromatic carbocycles. The predicted octanol–water partition coefficient (Wildman–Crippen LogP) is 2.23.